The highest BCUT2D eigenvalue weighted by Crippen LogP contribution is 2.36. The van der Waals surface area contributed by atoms with E-state index in [1.807, 2.05) is 13.8 Å². The second-order valence-electron chi connectivity index (χ2n) is 7.61. The molecule has 1 amide bonds. The number of hydrogen-bond acceptors (Lipinski definition) is 6. The topological polar surface area (TPSA) is 119 Å². The van der Waals surface area contributed by atoms with Crippen LogP contribution in [-0.4, -0.2) is 43.7 Å². The second kappa shape index (κ2) is 8.57. The molecule has 0 bridgehead atoms. The summed E-state index contributed by atoms with van der Waals surface area (Å²) in [5.74, 6) is 0.218. The van der Waals surface area contributed by atoms with Gasteiger partial charge in [-0.15, -0.1) is 0 Å². The van der Waals surface area contributed by atoms with E-state index in [0.717, 1.165) is 0 Å². The van der Waals surface area contributed by atoms with Crippen LogP contribution >= 0.6 is 0 Å². The van der Waals surface area contributed by atoms with Gasteiger partial charge in [0, 0.05) is 24.9 Å². The van der Waals surface area contributed by atoms with Gasteiger partial charge in [-0.25, -0.2) is 13.1 Å². The number of benzene rings is 1. The summed E-state index contributed by atoms with van der Waals surface area (Å²) in [6.07, 6.45) is 0.829. The smallest absolute Gasteiger partial charge is 0.249 e. The Kier molecular flexibility index (Phi) is 6.27. The molecule has 0 spiro atoms. The van der Waals surface area contributed by atoms with E-state index in [1.165, 1.54) is 17.9 Å². The molecule has 162 valence electrons. The summed E-state index contributed by atoms with van der Waals surface area (Å²) in [7, 11) is -2.43. The van der Waals surface area contributed by atoms with Gasteiger partial charge in [-0.05, 0) is 37.0 Å². The lowest BCUT2D eigenvalue weighted by Gasteiger charge is -2.14. The number of carbonyl (C=O) groups excluding carboxylic acids is 2. The van der Waals surface area contributed by atoms with Gasteiger partial charge in [-0.1, -0.05) is 19.9 Å². The normalized spacial score (nSPS) is 14.4. The first kappa shape index (κ1) is 22.0. The van der Waals surface area contributed by atoms with Gasteiger partial charge in [0.15, 0.2) is 0 Å². The number of fused-ring (bicyclic) bond motifs is 1. The van der Waals surface area contributed by atoms with Gasteiger partial charge < -0.3 is 10.1 Å². The molecule has 2 aromatic rings. The SMILES string of the molecule is COc1ccc(-c2c(C)nn3c2NC(=O)CCC3=O)cc1S(=O)(=O)NCCC(C)C. The fourth-order valence-corrected chi connectivity index (χ4v) is 4.53. The van der Waals surface area contributed by atoms with Gasteiger partial charge in [0.25, 0.3) is 0 Å². The number of aryl methyl sites for hydroxylation is 1. The van der Waals surface area contributed by atoms with Crippen LogP contribution in [0, 0.1) is 12.8 Å². The molecule has 1 aliphatic heterocycles. The molecule has 2 N–H and O–H groups in total. The Labute approximate surface area is 175 Å². The first-order chi connectivity index (χ1) is 14.1. The van der Waals surface area contributed by atoms with Crippen LogP contribution in [0.2, 0.25) is 0 Å². The number of aromatic nitrogens is 2. The average Bonchev–Trinajstić information content (AvgIpc) is 2.93. The van der Waals surface area contributed by atoms with Crippen molar-refractivity contribution in [1.82, 2.24) is 14.5 Å². The second-order valence-corrected chi connectivity index (χ2v) is 9.34. The number of rotatable bonds is 7. The van der Waals surface area contributed by atoms with E-state index >= 15 is 0 Å². The minimum Gasteiger partial charge on any atom is -0.495 e. The Morgan fingerprint density at radius 3 is 2.67 bits per heavy atom. The van der Waals surface area contributed by atoms with E-state index in [1.54, 1.807) is 19.1 Å². The Balaban J connectivity index is 2.08. The summed E-state index contributed by atoms with van der Waals surface area (Å²) in [6.45, 7) is 6.04. The van der Waals surface area contributed by atoms with Crippen molar-refractivity contribution in [3.63, 3.8) is 0 Å². The molecule has 0 saturated carbocycles. The van der Waals surface area contributed by atoms with Gasteiger partial charge in [-0.2, -0.15) is 9.78 Å². The van der Waals surface area contributed by atoms with E-state index in [0.29, 0.717) is 35.7 Å². The molecule has 0 atom stereocenters. The molecule has 0 radical (unpaired) electrons. The van der Waals surface area contributed by atoms with Crippen molar-refractivity contribution < 1.29 is 22.7 Å². The number of ether oxygens (including phenoxy) is 1. The van der Waals surface area contributed by atoms with E-state index < -0.39 is 10.0 Å². The van der Waals surface area contributed by atoms with E-state index in [-0.39, 0.29) is 41.1 Å². The molecule has 1 aliphatic rings. The lowest BCUT2D eigenvalue weighted by Crippen LogP contribution is -2.26. The molecule has 0 fully saturated rings. The quantitative estimate of drug-likeness (QED) is 0.691. The minimum atomic E-state index is -3.83. The molecule has 3 rings (SSSR count). The monoisotopic (exact) mass is 434 g/mol. The van der Waals surface area contributed by atoms with Crippen molar-refractivity contribution in [2.75, 3.05) is 19.0 Å². The summed E-state index contributed by atoms with van der Waals surface area (Å²) < 4.78 is 34.9. The first-order valence-corrected chi connectivity index (χ1v) is 11.2. The van der Waals surface area contributed by atoms with Gasteiger partial charge in [0.2, 0.25) is 21.8 Å². The van der Waals surface area contributed by atoms with Crippen molar-refractivity contribution >= 4 is 27.7 Å². The van der Waals surface area contributed by atoms with Crippen LogP contribution in [0.4, 0.5) is 5.82 Å². The van der Waals surface area contributed by atoms with Gasteiger partial charge in [-0.3, -0.25) is 9.59 Å². The van der Waals surface area contributed by atoms with Gasteiger partial charge in [0.05, 0.1) is 12.8 Å². The van der Waals surface area contributed by atoms with Crippen LogP contribution in [0.1, 0.15) is 43.6 Å². The van der Waals surface area contributed by atoms with Crippen LogP contribution in [-0.2, 0) is 14.8 Å². The number of anilines is 1. The summed E-state index contributed by atoms with van der Waals surface area (Å²) in [5.41, 5.74) is 1.51. The third-order valence-electron chi connectivity index (χ3n) is 4.88. The zero-order valence-corrected chi connectivity index (χ0v) is 18.3. The van der Waals surface area contributed by atoms with Crippen molar-refractivity contribution in [2.45, 2.75) is 44.9 Å². The molecule has 1 aromatic heterocycles. The van der Waals surface area contributed by atoms with Crippen molar-refractivity contribution in [3.8, 4) is 16.9 Å². The zero-order valence-electron chi connectivity index (χ0n) is 17.5. The van der Waals surface area contributed by atoms with E-state index in [9.17, 15) is 18.0 Å². The molecular weight excluding hydrogens is 408 g/mol. The Hall–Kier alpha value is -2.72. The molecule has 0 saturated heterocycles. The molecule has 0 unspecified atom stereocenters. The fraction of sp³-hybridized carbons (Fsp3) is 0.450. The van der Waals surface area contributed by atoms with Crippen LogP contribution in [0.5, 0.6) is 5.75 Å². The first-order valence-electron chi connectivity index (χ1n) is 9.74. The maximum Gasteiger partial charge on any atom is 0.249 e. The molecular formula is C20H26N4O5S. The molecule has 0 aliphatic carbocycles. The van der Waals surface area contributed by atoms with Crippen LogP contribution in [0.3, 0.4) is 0 Å². The minimum absolute atomic E-state index is 0.0168. The molecule has 30 heavy (non-hydrogen) atoms. The van der Waals surface area contributed by atoms with Crippen molar-refractivity contribution in [3.05, 3.63) is 23.9 Å². The zero-order chi connectivity index (χ0) is 22.1. The van der Waals surface area contributed by atoms with E-state index in [2.05, 4.69) is 15.1 Å². The average molecular weight is 435 g/mol. The number of hydrogen-bond donors (Lipinski definition) is 2. The van der Waals surface area contributed by atoms with Crippen molar-refractivity contribution in [1.29, 1.82) is 0 Å². The highest BCUT2D eigenvalue weighted by atomic mass is 32.2. The van der Waals surface area contributed by atoms with Crippen LogP contribution in [0.25, 0.3) is 11.1 Å². The van der Waals surface area contributed by atoms with Crippen LogP contribution < -0.4 is 14.8 Å². The maximum atomic E-state index is 12.9. The van der Waals surface area contributed by atoms with Crippen molar-refractivity contribution in [2.24, 2.45) is 5.92 Å². The van der Waals surface area contributed by atoms with Gasteiger partial charge in [0.1, 0.15) is 16.5 Å². The predicted molar refractivity (Wildman–Crippen MR) is 112 cm³/mol. The maximum absolute atomic E-state index is 12.9. The fourth-order valence-electron chi connectivity index (χ4n) is 3.29. The molecule has 9 nitrogen and oxygen atoms in total. The number of nitrogens with zero attached hydrogens (tertiary/aromatic N) is 2. The Morgan fingerprint density at radius 1 is 1.27 bits per heavy atom. The predicted octanol–water partition coefficient (Wildman–Crippen LogP) is 2.56. The highest BCUT2D eigenvalue weighted by Gasteiger charge is 2.28. The molecule has 1 aromatic carbocycles. The lowest BCUT2D eigenvalue weighted by molar-refractivity contribution is -0.116. The summed E-state index contributed by atoms with van der Waals surface area (Å²) in [6, 6.07) is 4.71. The summed E-state index contributed by atoms with van der Waals surface area (Å²) >= 11 is 0. The Bertz CT molecular complexity index is 1090. The molecule has 2 heterocycles. The van der Waals surface area contributed by atoms with Crippen LogP contribution in [0.15, 0.2) is 23.1 Å². The number of carbonyl (C=O) groups is 2. The third-order valence-corrected chi connectivity index (χ3v) is 6.36. The lowest BCUT2D eigenvalue weighted by atomic mass is 10.1. The number of nitrogens with one attached hydrogen (secondary N) is 2. The molecule has 10 heteroatoms. The highest BCUT2D eigenvalue weighted by molar-refractivity contribution is 7.89. The summed E-state index contributed by atoms with van der Waals surface area (Å²) in [4.78, 5) is 24.4. The number of sulfonamides is 1. The largest absolute Gasteiger partial charge is 0.495 e. The number of methoxy groups -OCH3 is 1. The summed E-state index contributed by atoms with van der Waals surface area (Å²) in [5, 5.41) is 6.98. The van der Waals surface area contributed by atoms with Gasteiger partial charge >= 0.3 is 0 Å². The third kappa shape index (κ3) is 4.39. The Morgan fingerprint density at radius 2 is 2.00 bits per heavy atom. The number of amides is 1. The standard InChI is InChI=1S/C20H26N4O5S/c1-12(2)9-10-21-30(27,28)16-11-14(5-6-15(16)29-4)19-13(3)23-24-18(26)8-7-17(25)22-20(19)24/h5-6,11-12,21H,7-10H2,1-4H3,(H,22,25). The van der Waals surface area contributed by atoms with E-state index in [4.69, 9.17) is 4.74 Å².